The van der Waals surface area contributed by atoms with Crippen molar-refractivity contribution in [3.8, 4) is 0 Å². The molecule has 0 radical (unpaired) electrons. The molecule has 0 aliphatic rings. The van der Waals surface area contributed by atoms with E-state index in [4.69, 9.17) is 173 Å². The van der Waals surface area contributed by atoms with Gasteiger partial charge in [0.05, 0.1) is 123 Å². The first-order chi connectivity index (χ1) is 61.1. The molecule has 14 nitrogen and oxygen atoms in total. The minimum absolute atomic E-state index is 0. The van der Waals surface area contributed by atoms with Crippen LogP contribution < -0.4 is 48.3 Å². The topological polar surface area (TPSA) is 214 Å². The molecule has 0 aromatic heterocycles. The molecule has 14 rings (SSSR count). The molecule has 29 heteroatoms. The van der Waals surface area contributed by atoms with Gasteiger partial charge in [-0.25, -0.2) is 0 Å². The summed E-state index contributed by atoms with van der Waals surface area (Å²) in [6.45, 7) is 6.34. The molecule has 129 heavy (non-hydrogen) atoms. The van der Waals surface area contributed by atoms with Crippen molar-refractivity contribution in [2.75, 3.05) is 37.2 Å². The van der Waals surface area contributed by atoms with E-state index in [1.165, 1.54) is 12.5 Å². The molecule has 14 aromatic rings. The third kappa shape index (κ3) is 34.5. The van der Waals surface area contributed by atoms with E-state index in [1.54, 1.807) is 103 Å². The average molecular weight is 2080 g/mol. The Bertz CT molecular complexity index is 5470. The molecule has 12 N–H and O–H groups in total. The van der Waals surface area contributed by atoms with Crippen LogP contribution in [0.1, 0.15) is 81.0 Å². The van der Waals surface area contributed by atoms with Crippen LogP contribution in [0, 0.1) is 0 Å². The first-order valence-corrected chi connectivity index (χ1v) is 45.4. The number of rotatable bonds is 25. The quantitative estimate of drug-likeness (QED) is 0.0241. The number of anilines is 14. The zero-order chi connectivity index (χ0) is 91.9. The van der Waals surface area contributed by atoms with Crippen LogP contribution in [0.5, 0.6) is 0 Å². The molecule has 0 heterocycles. The van der Waals surface area contributed by atoms with Gasteiger partial charge >= 0.3 is 5.97 Å². The standard InChI is InChI=1S/C16H15Cl2NO.C15H14Cl2N2O.C14H11Cl2NO2.C14H13Cl2N.C13H10BrCl2N.C13H12Cl2N2.C13H11Cl2NO.2CH4/c1-2-12(20)10-11-6-3-4-9-15(11)19-16-13(17)7-5-8-14(16)18;1-10(20)18-9-11-5-2-3-8-14(11)19-15-12(16)6-4-7-13(15)17;15-10-5-3-6-11(16)14(10)17-12-7-2-1-4-9(12)8-13(18)19;1-2-10-6-3-4-9-13(10)17-14-11(15)7-5-8-12(14)16;14-8-9-4-1-2-7-12(9)17-13-10(15)5-3-6-11(13)16;14-10-5-3-6-11(15)13(10)17-12-7-2-1-4-9(12)8-16;14-10-5-3-6-11(15)13(10)16-12-7-2-1-4-9(12)8-17;;/h3-9,19H,2,10H2,1H3;2-8,19H,9H2,1H3,(H,18,20);1-7,17H,8H2,(H,18,19);3-9,17H,2H2,1H3;1-7,17H,8H2;1-7,17H,8,16H2;1-7,16-17H,8H2;2*1H4. The molecule has 0 saturated carbocycles. The zero-order valence-corrected chi connectivity index (χ0v) is 80.5. The highest BCUT2D eigenvalue weighted by atomic mass is 79.9. The second kappa shape index (κ2) is 57.1. The predicted octanol–water partition coefficient (Wildman–Crippen LogP) is 34.6. The fourth-order valence-corrected chi connectivity index (χ4v) is 15.6. The number of halogens is 15. The van der Waals surface area contributed by atoms with E-state index < -0.39 is 5.97 Å². The Hall–Kier alpha value is -9.25. The summed E-state index contributed by atoms with van der Waals surface area (Å²) < 4.78 is 0. The van der Waals surface area contributed by atoms with Crippen molar-refractivity contribution in [1.29, 1.82) is 0 Å². The normalized spacial score (nSPS) is 10.1. The Labute approximate surface area is 833 Å². The number of alkyl halides is 1. The number of carboxylic acids is 1. The van der Waals surface area contributed by atoms with E-state index >= 15 is 0 Å². The molecule has 0 fully saturated rings. The minimum Gasteiger partial charge on any atom is -0.481 e. The van der Waals surface area contributed by atoms with Gasteiger partial charge in [0.25, 0.3) is 0 Å². The molecule has 0 atom stereocenters. The lowest BCUT2D eigenvalue weighted by Crippen LogP contribution is -2.19. The van der Waals surface area contributed by atoms with Crippen molar-refractivity contribution in [2.45, 2.75) is 86.3 Å². The number of aliphatic hydroxyl groups excluding tert-OH is 1. The van der Waals surface area contributed by atoms with Crippen molar-refractivity contribution in [1.82, 2.24) is 5.32 Å². The molecular formula is C100H94BrCl14N9O5. The zero-order valence-electron chi connectivity index (χ0n) is 68.3. The van der Waals surface area contributed by atoms with E-state index in [9.17, 15) is 19.5 Å². The van der Waals surface area contributed by atoms with Gasteiger partial charge in [-0.2, -0.15) is 0 Å². The molecule has 0 spiro atoms. The Balaban J connectivity index is 0.000000232. The monoisotopic (exact) mass is 2070 g/mol. The van der Waals surface area contributed by atoms with E-state index in [1.807, 2.05) is 195 Å². The number of hydrogen-bond acceptors (Lipinski definition) is 12. The number of Topliss-reactive ketones (excluding diaryl/α,β-unsaturated/α-hetero) is 1. The highest BCUT2D eigenvalue weighted by Gasteiger charge is 2.17. The van der Waals surface area contributed by atoms with Gasteiger partial charge in [0.1, 0.15) is 5.78 Å². The number of aryl methyl sites for hydroxylation is 1. The van der Waals surface area contributed by atoms with Gasteiger partial charge in [-0.05, 0) is 167 Å². The third-order valence-corrected chi connectivity index (χ3v) is 23.3. The number of nitrogens with two attached hydrogens (primary N) is 1. The fourth-order valence-electron chi connectivity index (χ4n) is 11.7. The van der Waals surface area contributed by atoms with Crippen LogP contribution in [-0.4, -0.2) is 27.9 Å². The lowest BCUT2D eigenvalue weighted by Gasteiger charge is -2.14. The number of hydrogen-bond donors (Lipinski definition) is 11. The number of benzene rings is 14. The Morgan fingerprint density at radius 1 is 0.295 bits per heavy atom. The first kappa shape index (κ1) is 109. The number of aliphatic carboxylic acids is 1. The molecule has 0 aliphatic heterocycles. The molecule has 674 valence electrons. The van der Waals surface area contributed by atoms with Crippen LogP contribution in [0.2, 0.25) is 70.3 Å². The maximum Gasteiger partial charge on any atom is 0.307 e. The lowest BCUT2D eigenvalue weighted by atomic mass is 10.1. The van der Waals surface area contributed by atoms with Crippen molar-refractivity contribution in [2.24, 2.45) is 5.73 Å². The summed E-state index contributed by atoms with van der Waals surface area (Å²) in [4.78, 5) is 33.5. The summed E-state index contributed by atoms with van der Waals surface area (Å²) in [5, 5.41) is 52.0. The summed E-state index contributed by atoms with van der Waals surface area (Å²) in [7, 11) is 0. The average Bonchev–Trinajstić information content (AvgIpc) is 0.841. The number of ketones is 1. The SMILES string of the molecule is C.C.CC(=O)NCc1ccccc1Nc1c(Cl)cccc1Cl.CCC(=O)Cc1ccccc1Nc1c(Cl)cccc1Cl.CCc1ccccc1Nc1c(Cl)cccc1Cl.Clc1cccc(Cl)c1Nc1ccccc1CBr.NCc1ccccc1Nc1c(Cl)cccc1Cl.O=C(O)Cc1ccccc1Nc1c(Cl)cccc1Cl.OCc1ccccc1Nc1c(Cl)cccc1Cl. The second-order valence-electron chi connectivity index (χ2n) is 27.1. The number of carbonyl (C=O) groups is 3. The summed E-state index contributed by atoms with van der Waals surface area (Å²) in [6.07, 6.45) is 1.83. The Kier molecular flexibility index (Phi) is 48.1. The lowest BCUT2D eigenvalue weighted by molar-refractivity contribution is -0.136. The molecular weight excluding hydrogens is 1980 g/mol. The van der Waals surface area contributed by atoms with Gasteiger partial charge in [-0.3, -0.25) is 14.4 Å². The van der Waals surface area contributed by atoms with Crippen LogP contribution in [0.3, 0.4) is 0 Å². The summed E-state index contributed by atoms with van der Waals surface area (Å²) >= 11 is 89.0. The van der Waals surface area contributed by atoms with Gasteiger partial charge < -0.3 is 58.5 Å². The van der Waals surface area contributed by atoms with Crippen LogP contribution in [0.15, 0.2) is 297 Å². The first-order valence-electron chi connectivity index (χ1n) is 39.0. The Morgan fingerprint density at radius 2 is 0.504 bits per heavy atom. The van der Waals surface area contributed by atoms with Crippen molar-refractivity contribution >= 4 is 276 Å². The maximum absolute atomic E-state index is 11.6. The fraction of sp³-hybridized carbons (Fsp3) is 0.130. The van der Waals surface area contributed by atoms with Crippen molar-refractivity contribution in [3.63, 3.8) is 0 Å². The van der Waals surface area contributed by atoms with E-state index in [0.29, 0.717) is 136 Å². The molecule has 0 bridgehead atoms. The van der Waals surface area contributed by atoms with Crippen LogP contribution in [0.4, 0.5) is 79.6 Å². The van der Waals surface area contributed by atoms with E-state index in [-0.39, 0.29) is 39.6 Å². The van der Waals surface area contributed by atoms with Crippen LogP contribution in [-0.2, 0) is 58.7 Å². The predicted molar refractivity (Wildman–Crippen MR) is 560 cm³/mol. The summed E-state index contributed by atoms with van der Waals surface area (Å²) in [5.74, 6) is -0.764. The number of aliphatic hydroxyl groups is 1. The Morgan fingerprint density at radius 3 is 0.752 bits per heavy atom. The van der Waals surface area contributed by atoms with Crippen LogP contribution in [0.25, 0.3) is 0 Å². The number of nitrogens with one attached hydrogen (secondary N) is 8. The van der Waals surface area contributed by atoms with Gasteiger partial charge in [0.15, 0.2) is 0 Å². The van der Waals surface area contributed by atoms with Gasteiger partial charge in [-0.1, -0.05) is 377 Å². The maximum atomic E-state index is 11.6. The molecule has 0 saturated heterocycles. The van der Waals surface area contributed by atoms with Crippen LogP contribution >= 0.6 is 178 Å². The summed E-state index contributed by atoms with van der Waals surface area (Å²) in [5.41, 5.74) is 23.4. The second-order valence-corrected chi connectivity index (χ2v) is 33.3. The summed E-state index contributed by atoms with van der Waals surface area (Å²) in [6, 6.07) is 91.4. The van der Waals surface area contributed by atoms with Gasteiger partial charge in [-0.15, -0.1) is 0 Å². The molecule has 1 amide bonds. The highest BCUT2D eigenvalue weighted by Crippen LogP contribution is 2.41. The highest BCUT2D eigenvalue weighted by molar-refractivity contribution is 9.08. The van der Waals surface area contributed by atoms with Gasteiger partial charge in [0, 0.05) is 83.6 Å². The molecule has 14 aromatic carbocycles. The molecule has 0 unspecified atom stereocenters. The largest absolute Gasteiger partial charge is 0.481 e. The van der Waals surface area contributed by atoms with Crippen molar-refractivity contribution < 1.29 is 24.6 Å². The number of para-hydroxylation sites is 14. The number of carbonyl (C=O) groups excluding carboxylic acids is 2. The van der Waals surface area contributed by atoms with E-state index in [0.717, 1.165) is 85.1 Å². The third-order valence-electron chi connectivity index (χ3n) is 18.2. The minimum atomic E-state index is -0.889. The van der Waals surface area contributed by atoms with Crippen molar-refractivity contribution in [3.05, 3.63) is 407 Å². The smallest absolute Gasteiger partial charge is 0.307 e. The van der Waals surface area contributed by atoms with E-state index in [2.05, 4.69) is 71.5 Å². The number of amides is 1. The molecule has 0 aliphatic carbocycles. The number of carboxylic acid groups (broad SMARTS) is 1. The van der Waals surface area contributed by atoms with Gasteiger partial charge in [0.2, 0.25) is 5.91 Å².